The first-order chi connectivity index (χ1) is 8.90. The Bertz CT molecular complexity index is 243. The number of rotatable bonds is 8. The molecule has 2 atom stereocenters. The Morgan fingerprint density at radius 2 is 1.72 bits per heavy atom. The lowest BCUT2D eigenvalue weighted by Gasteiger charge is -2.29. The predicted octanol–water partition coefficient (Wildman–Crippen LogP) is 1.92. The van der Waals surface area contributed by atoms with Crippen LogP contribution in [-0.4, -0.2) is 38.4 Å². The molecule has 3 heteroatoms. The van der Waals surface area contributed by atoms with Crippen molar-refractivity contribution in [3.63, 3.8) is 0 Å². The van der Waals surface area contributed by atoms with Crippen LogP contribution in [0.3, 0.4) is 0 Å². The van der Waals surface area contributed by atoms with Crippen molar-refractivity contribution in [2.75, 3.05) is 26.3 Å². The average molecular weight is 252 g/mol. The smallest absolute Gasteiger partial charge is 0.0591 e. The Morgan fingerprint density at radius 3 is 2.44 bits per heavy atom. The molecule has 0 aromatic rings. The van der Waals surface area contributed by atoms with Crippen molar-refractivity contribution >= 4 is 0 Å². The summed E-state index contributed by atoms with van der Waals surface area (Å²) >= 11 is 0. The summed E-state index contributed by atoms with van der Waals surface area (Å²) in [6.07, 6.45) is 9.81. The van der Waals surface area contributed by atoms with E-state index in [1.54, 1.807) is 0 Å². The van der Waals surface area contributed by atoms with E-state index in [1.807, 2.05) is 0 Å². The van der Waals surface area contributed by atoms with Crippen molar-refractivity contribution < 1.29 is 4.74 Å². The SMILES string of the molecule is C(COCC1CC1)NCCC1CC2CCC(C1)N2. The van der Waals surface area contributed by atoms with Crippen molar-refractivity contribution in [2.45, 2.75) is 57.0 Å². The molecule has 0 spiro atoms. The molecule has 0 aromatic heterocycles. The van der Waals surface area contributed by atoms with Crippen LogP contribution in [0.2, 0.25) is 0 Å². The lowest BCUT2D eigenvalue weighted by atomic mass is 9.90. The van der Waals surface area contributed by atoms with Crippen LogP contribution >= 0.6 is 0 Å². The molecule has 18 heavy (non-hydrogen) atoms. The number of hydrogen-bond donors (Lipinski definition) is 2. The van der Waals surface area contributed by atoms with Crippen LogP contribution in [0.4, 0.5) is 0 Å². The fourth-order valence-corrected chi connectivity index (χ4v) is 3.52. The van der Waals surface area contributed by atoms with Crippen LogP contribution in [0.1, 0.15) is 44.9 Å². The van der Waals surface area contributed by atoms with E-state index in [0.29, 0.717) is 0 Å². The summed E-state index contributed by atoms with van der Waals surface area (Å²) in [5, 5.41) is 7.25. The first-order valence-electron chi connectivity index (χ1n) is 7.94. The second-order valence-electron chi connectivity index (χ2n) is 6.53. The van der Waals surface area contributed by atoms with E-state index in [4.69, 9.17) is 4.74 Å². The van der Waals surface area contributed by atoms with Gasteiger partial charge in [0.05, 0.1) is 6.61 Å². The molecule has 0 aromatic carbocycles. The van der Waals surface area contributed by atoms with Gasteiger partial charge in [-0.05, 0) is 63.3 Å². The van der Waals surface area contributed by atoms with Crippen molar-refractivity contribution in [3.8, 4) is 0 Å². The quantitative estimate of drug-likeness (QED) is 0.648. The molecule has 1 aliphatic carbocycles. The maximum absolute atomic E-state index is 5.62. The average Bonchev–Trinajstić information content (AvgIpc) is 3.14. The van der Waals surface area contributed by atoms with E-state index in [-0.39, 0.29) is 0 Å². The van der Waals surface area contributed by atoms with Crippen LogP contribution in [0.15, 0.2) is 0 Å². The van der Waals surface area contributed by atoms with Crippen molar-refractivity contribution in [1.82, 2.24) is 10.6 Å². The summed E-state index contributed by atoms with van der Waals surface area (Å²) in [5.74, 6) is 1.86. The topological polar surface area (TPSA) is 33.3 Å². The fourth-order valence-electron chi connectivity index (χ4n) is 3.52. The van der Waals surface area contributed by atoms with Gasteiger partial charge in [-0.25, -0.2) is 0 Å². The molecule has 2 bridgehead atoms. The molecule has 2 heterocycles. The Balaban J connectivity index is 1.18. The molecule has 0 amide bonds. The van der Waals surface area contributed by atoms with Gasteiger partial charge < -0.3 is 15.4 Å². The van der Waals surface area contributed by atoms with Crippen LogP contribution in [0, 0.1) is 11.8 Å². The maximum Gasteiger partial charge on any atom is 0.0591 e. The number of fused-ring (bicyclic) bond motifs is 2. The largest absolute Gasteiger partial charge is 0.380 e. The molecule has 3 aliphatic rings. The summed E-state index contributed by atoms with van der Waals surface area (Å²) in [6.45, 7) is 4.11. The third-order valence-corrected chi connectivity index (χ3v) is 4.77. The molecule has 2 aliphatic heterocycles. The van der Waals surface area contributed by atoms with Gasteiger partial charge in [-0.1, -0.05) is 0 Å². The van der Waals surface area contributed by atoms with Crippen LogP contribution in [-0.2, 0) is 4.74 Å². The number of piperidine rings is 1. The minimum absolute atomic E-state index is 0.843. The summed E-state index contributed by atoms with van der Waals surface area (Å²) < 4.78 is 5.62. The van der Waals surface area contributed by atoms with Crippen LogP contribution in [0.25, 0.3) is 0 Å². The maximum atomic E-state index is 5.62. The highest BCUT2D eigenvalue weighted by Crippen LogP contribution is 2.32. The van der Waals surface area contributed by atoms with Gasteiger partial charge in [0.2, 0.25) is 0 Å². The number of ether oxygens (including phenoxy) is 1. The number of nitrogens with one attached hydrogen (secondary N) is 2. The molecule has 3 fully saturated rings. The van der Waals surface area contributed by atoms with E-state index in [2.05, 4.69) is 10.6 Å². The van der Waals surface area contributed by atoms with E-state index in [9.17, 15) is 0 Å². The van der Waals surface area contributed by atoms with E-state index in [1.165, 1.54) is 51.5 Å². The van der Waals surface area contributed by atoms with Gasteiger partial charge in [-0.15, -0.1) is 0 Å². The monoisotopic (exact) mass is 252 g/mol. The van der Waals surface area contributed by atoms with Gasteiger partial charge in [0.15, 0.2) is 0 Å². The zero-order valence-corrected chi connectivity index (χ0v) is 11.5. The predicted molar refractivity (Wildman–Crippen MR) is 73.7 cm³/mol. The molecule has 3 nitrogen and oxygen atoms in total. The normalized spacial score (nSPS) is 35.0. The Kier molecular flexibility index (Phi) is 4.55. The van der Waals surface area contributed by atoms with Crippen molar-refractivity contribution in [2.24, 2.45) is 11.8 Å². The summed E-state index contributed by atoms with van der Waals surface area (Å²) in [4.78, 5) is 0. The van der Waals surface area contributed by atoms with Gasteiger partial charge in [-0.3, -0.25) is 0 Å². The van der Waals surface area contributed by atoms with Crippen molar-refractivity contribution in [3.05, 3.63) is 0 Å². The highest BCUT2D eigenvalue weighted by Gasteiger charge is 2.32. The van der Waals surface area contributed by atoms with Gasteiger partial charge in [0.25, 0.3) is 0 Å². The van der Waals surface area contributed by atoms with E-state index in [0.717, 1.165) is 43.7 Å². The fraction of sp³-hybridized carbons (Fsp3) is 1.00. The second kappa shape index (κ2) is 6.36. The molecule has 2 N–H and O–H groups in total. The Morgan fingerprint density at radius 1 is 0.944 bits per heavy atom. The second-order valence-corrected chi connectivity index (χ2v) is 6.53. The van der Waals surface area contributed by atoms with Gasteiger partial charge in [0.1, 0.15) is 0 Å². The third kappa shape index (κ3) is 3.94. The molecule has 104 valence electrons. The van der Waals surface area contributed by atoms with Gasteiger partial charge >= 0.3 is 0 Å². The first-order valence-corrected chi connectivity index (χ1v) is 7.94. The van der Waals surface area contributed by atoms with Gasteiger partial charge in [0, 0.05) is 25.2 Å². The minimum Gasteiger partial charge on any atom is -0.380 e. The van der Waals surface area contributed by atoms with Crippen LogP contribution in [0.5, 0.6) is 0 Å². The van der Waals surface area contributed by atoms with Crippen molar-refractivity contribution in [1.29, 1.82) is 0 Å². The summed E-state index contributed by atoms with van der Waals surface area (Å²) in [7, 11) is 0. The van der Waals surface area contributed by atoms with Gasteiger partial charge in [-0.2, -0.15) is 0 Å². The molecular weight excluding hydrogens is 224 g/mol. The highest BCUT2D eigenvalue weighted by molar-refractivity contribution is 4.91. The zero-order valence-electron chi connectivity index (χ0n) is 11.5. The Labute approximate surface area is 111 Å². The molecule has 2 unspecified atom stereocenters. The number of hydrogen-bond acceptors (Lipinski definition) is 3. The van der Waals surface area contributed by atoms with Crippen LogP contribution < -0.4 is 10.6 Å². The Hall–Kier alpha value is -0.120. The molecule has 1 saturated carbocycles. The molecule has 2 saturated heterocycles. The third-order valence-electron chi connectivity index (χ3n) is 4.77. The van der Waals surface area contributed by atoms with E-state index < -0.39 is 0 Å². The molecule has 0 radical (unpaired) electrons. The van der Waals surface area contributed by atoms with E-state index >= 15 is 0 Å². The lowest BCUT2D eigenvalue weighted by molar-refractivity contribution is 0.125. The first kappa shape index (κ1) is 12.9. The zero-order chi connectivity index (χ0) is 12.2. The summed E-state index contributed by atoms with van der Waals surface area (Å²) in [5.41, 5.74) is 0. The highest BCUT2D eigenvalue weighted by atomic mass is 16.5. The minimum atomic E-state index is 0.843. The molecular formula is C15H28N2O. The summed E-state index contributed by atoms with van der Waals surface area (Å²) in [6, 6.07) is 1.69. The lowest BCUT2D eigenvalue weighted by Crippen LogP contribution is -2.38. The molecule has 3 rings (SSSR count). The standard InChI is InChI=1S/C15H28N2O/c1-2-12(1)11-18-8-7-16-6-5-13-9-14-3-4-15(10-13)17-14/h12-17H,1-11H2.